The molecule has 86 valence electrons. The third-order valence-electron chi connectivity index (χ3n) is 2.10. The Kier molecular flexibility index (Phi) is 5.94. The van der Waals surface area contributed by atoms with Crippen LogP contribution in [0.5, 0.6) is 0 Å². The average molecular weight is 211 g/mol. The number of rotatable bonds is 2. The fourth-order valence-corrected chi connectivity index (χ4v) is 1.09. The molecule has 0 saturated carbocycles. The molecule has 1 rings (SSSR count). The summed E-state index contributed by atoms with van der Waals surface area (Å²) in [7, 11) is 3.90. The molecular weight excluding hydrogens is 190 g/mol. The van der Waals surface area contributed by atoms with E-state index in [0.29, 0.717) is 5.76 Å². The lowest BCUT2D eigenvalue weighted by atomic mass is 10.2. The van der Waals surface area contributed by atoms with Crippen LogP contribution in [-0.2, 0) is 0 Å². The van der Waals surface area contributed by atoms with Crippen LogP contribution in [0.2, 0.25) is 0 Å². The molecule has 15 heavy (non-hydrogen) atoms. The molecule has 1 heterocycles. The Morgan fingerprint density at radius 1 is 1.27 bits per heavy atom. The Hall–Kier alpha value is -1.09. The second kappa shape index (κ2) is 6.40. The molecule has 1 unspecified atom stereocenters. The van der Waals surface area contributed by atoms with Gasteiger partial charge >= 0.3 is 0 Å². The van der Waals surface area contributed by atoms with Crippen LogP contribution in [-0.4, -0.2) is 19.0 Å². The molecule has 0 fully saturated rings. The van der Waals surface area contributed by atoms with E-state index in [2.05, 4.69) is 0 Å². The highest BCUT2D eigenvalue weighted by atomic mass is 16.3. The molecule has 0 bridgehead atoms. The van der Waals surface area contributed by atoms with E-state index in [0.717, 1.165) is 5.76 Å². The van der Waals surface area contributed by atoms with Gasteiger partial charge in [-0.05, 0) is 27.9 Å². The SMILES string of the molecule is CC.Cc1cc(=O)cc(C(C)N(C)C)o1. The third kappa shape index (κ3) is 4.30. The summed E-state index contributed by atoms with van der Waals surface area (Å²) in [5.74, 6) is 1.38. The van der Waals surface area contributed by atoms with Gasteiger partial charge in [-0.15, -0.1) is 0 Å². The van der Waals surface area contributed by atoms with Crippen LogP contribution < -0.4 is 5.43 Å². The van der Waals surface area contributed by atoms with Gasteiger partial charge in [-0.25, -0.2) is 0 Å². The second-order valence-corrected chi connectivity index (χ2v) is 3.45. The summed E-state index contributed by atoms with van der Waals surface area (Å²) in [6.07, 6.45) is 0. The maximum absolute atomic E-state index is 11.2. The normalized spacial score (nSPS) is 11.9. The molecule has 1 atom stereocenters. The van der Waals surface area contributed by atoms with Crippen molar-refractivity contribution in [3.63, 3.8) is 0 Å². The molecule has 0 spiro atoms. The van der Waals surface area contributed by atoms with Crippen LogP contribution in [0, 0.1) is 6.92 Å². The predicted octanol–water partition coefficient (Wildman–Crippen LogP) is 2.60. The molecule has 0 aliphatic rings. The highest BCUT2D eigenvalue weighted by molar-refractivity contribution is 5.08. The predicted molar refractivity (Wildman–Crippen MR) is 63.2 cm³/mol. The van der Waals surface area contributed by atoms with Crippen LogP contribution in [0.3, 0.4) is 0 Å². The van der Waals surface area contributed by atoms with Crippen LogP contribution in [0.25, 0.3) is 0 Å². The first kappa shape index (κ1) is 13.9. The summed E-state index contributed by atoms with van der Waals surface area (Å²) in [4.78, 5) is 13.2. The summed E-state index contributed by atoms with van der Waals surface area (Å²) in [6.45, 7) is 7.78. The Morgan fingerprint density at radius 3 is 2.20 bits per heavy atom. The zero-order valence-corrected chi connectivity index (χ0v) is 10.5. The molecule has 3 heteroatoms. The largest absolute Gasteiger partial charge is 0.464 e. The fraction of sp³-hybridized carbons (Fsp3) is 0.583. The van der Waals surface area contributed by atoms with Crippen molar-refractivity contribution in [2.45, 2.75) is 33.7 Å². The zero-order valence-electron chi connectivity index (χ0n) is 10.5. The monoisotopic (exact) mass is 211 g/mol. The minimum atomic E-state index is 0.00690. The fourth-order valence-electron chi connectivity index (χ4n) is 1.09. The van der Waals surface area contributed by atoms with Gasteiger partial charge in [0.05, 0.1) is 6.04 Å². The Labute approximate surface area is 91.7 Å². The smallest absolute Gasteiger partial charge is 0.185 e. The Balaban J connectivity index is 0.000000921. The molecule has 0 saturated heterocycles. The van der Waals surface area contributed by atoms with Crippen molar-refractivity contribution >= 4 is 0 Å². The standard InChI is InChI=1S/C10H15NO2.C2H6/c1-7-5-9(12)6-10(13-7)8(2)11(3)4;1-2/h5-6,8H,1-4H3;1-2H3. The van der Waals surface area contributed by atoms with Gasteiger partial charge in [0.15, 0.2) is 5.43 Å². The molecule has 0 radical (unpaired) electrons. The van der Waals surface area contributed by atoms with Crippen molar-refractivity contribution in [1.29, 1.82) is 0 Å². The Morgan fingerprint density at radius 2 is 1.80 bits per heavy atom. The highest BCUT2D eigenvalue weighted by Crippen LogP contribution is 2.15. The highest BCUT2D eigenvalue weighted by Gasteiger charge is 2.10. The van der Waals surface area contributed by atoms with Gasteiger partial charge in [0.1, 0.15) is 11.5 Å². The van der Waals surface area contributed by atoms with Crippen LogP contribution >= 0.6 is 0 Å². The van der Waals surface area contributed by atoms with Gasteiger partial charge in [-0.1, -0.05) is 13.8 Å². The number of nitrogens with zero attached hydrogens (tertiary/aromatic N) is 1. The first-order chi connectivity index (χ1) is 7.00. The van der Waals surface area contributed by atoms with Crippen molar-refractivity contribution in [2.75, 3.05) is 14.1 Å². The van der Waals surface area contributed by atoms with Crippen molar-refractivity contribution in [3.8, 4) is 0 Å². The van der Waals surface area contributed by atoms with Crippen LogP contribution in [0.1, 0.15) is 38.3 Å². The summed E-state index contributed by atoms with van der Waals surface area (Å²) in [5, 5.41) is 0. The van der Waals surface area contributed by atoms with Crippen molar-refractivity contribution in [2.24, 2.45) is 0 Å². The quantitative estimate of drug-likeness (QED) is 0.754. The minimum absolute atomic E-state index is 0.00690. The van der Waals surface area contributed by atoms with Crippen molar-refractivity contribution in [3.05, 3.63) is 33.9 Å². The van der Waals surface area contributed by atoms with E-state index in [1.807, 2.05) is 39.8 Å². The van der Waals surface area contributed by atoms with Gasteiger partial charge in [0, 0.05) is 12.1 Å². The Bertz CT molecular complexity index is 342. The molecule has 0 aliphatic carbocycles. The van der Waals surface area contributed by atoms with Gasteiger partial charge in [-0.3, -0.25) is 9.69 Å². The molecule has 3 nitrogen and oxygen atoms in total. The molecule has 1 aromatic rings. The van der Waals surface area contributed by atoms with E-state index < -0.39 is 0 Å². The maximum atomic E-state index is 11.2. The zero-order chi connectivity index (χ0) is 12.0. The van der Waals surface area contributed by atoms with E-state index in [9.17, 15) is 4.79 Å². The molecular formula is C12H21NO2. The molecule has 1 aromatic heterocycles. The van der Waals surface area contributed by atoms with Gasteiger partial charge in [0.25, 0.3) is 0 Å². The lowest BCUT2D eigenvalue weighted by molar-refractivity contribution is 0.268. The van der Waals surface area contributed by atoms with Crippen molar-refractivity contribution < 1.29 is 4.42 Å². The number of hydrogen-bond acceptors (Lipinski definition) is 3. The van der Waals surface area contributed by atoms with E-state index in [1.165, 1.54) is 12.1 Å². The molecule has 0 N–H and O–H groups in total. The van der Waals surface area contributed by atoms with Crippen LogP contribution in [0.4, 0.5) is 0 Å². The van der Waals surface area contributed by atoms with Crippen molar-refractivity contribution in [1.82, 2.24) is 4.90 Å². The topological polar surface area (TPSA) is 33.5 Å². The van der Waals surface area contributed by atoms with Gasteiger partial charge in [-0.2, -0.15) is 0 Å². The van der Waals surface area contributed by atoms with E-state index >= 15 is 0 Å². The van der Waals surface area contributed by atoms with E-state index in [-0.39, 0.29) is 11.5 Å². The average Bonchev–Trinajstić information content (AvgIpc) is 2.18. The summed E-state index contributed by atoms with van der Waals surface area (Å²) in [6, 6.07) is 3.16. The minimum Gasteiger partial charge on any atom is -0.464 e. The summed E-state index contributed by atoms with van der Waals surface area (Å²) < 4.78 is 5.44. The van der Waals surface area contributed by atoms with E-state index in [1.54, 1.807) is 6.92 Å². The van der Waals surface area contributed by atoms with Gasteiger partial charge in [0.2, 0.25) is 0 Å². The maximum Gasteiger partial charge on any atom is 0.185 e. The second-order valence-electron chi connectivity index (χ2n) is 3.45. The number of aryl methyl sites for hydroxylation is 1. The summed E-state index contributed by atoms with van der Waals surface area (Å²) >= 11 is 0. The first-order valence-corrected chi connectivity index (χ1v) is 5.29. The molecule has 0 aliphatic heterocycles. The number of hydrogen-bond donors (Lipinski definition) is 0. The third-order valence-corrected chi connectivity index (χ3v) is 2.10. The molecule has 0 amide bonds. The molecule has 0 aromatic carbocycles. The lowest BCUT2D eigenvalue weighted by Crippen LogP contribution is -2.18. The first-order valence-electron chi connectivity index (χ1n) is 5.29. The van der Waals surface area contributed by atoms with E-state index in [4.69, 9.17) is 4.42 Å². The lowest BCUT2D eigenvalue weighted by Gasteiger charge is -2.18. The van der Waals surface area contributed by atoms with Gasteiger partial charge < -0.3 is 4.42 Å². The summed E-state index contributed by atoms with van der Waals surface area (Å²) in [5.41, 5.74) is 0.00690. The van der Waals surface area contributed by atoms with Crippen LogP contribution in [0.15, 0.2) is 21.3 Å².